The molecular weight excluding hydrogens is 444 g/mol. The Labute approximate surface area is 150 Å². The summed E-state index contributed by atoms with van der Waals surface area (Å²) in [7, 11) is 0. The highest BCUT2D eigenvalue weighted by atomic mass is 79.9. The molecule has 2 rings (SSSR count). The van der Waals surface area contributed by atoms with E-state index < -0.39 is 0 Å². The zero-order chi connectivity index (χ0) is 15.6. The first-order valence-corrected chi connectivity index (χ1v) is 8.61. The number of halogens is 5. The Kier molecular flexibility index (Phi) is 6.09. The van der Waals surface area contributed by atoms with Gasteiger partial charge in [-0.2, -0.15) is 0 Å². The third kappa shape index (κ3) is 3.99. The number of hydrogen-bond donors (Lipinski definition) is 1. The Balaban J connectivity index is 2.58. The fourth-order valence-corrected chi connectivity index (χ4v) is 3.18. The molecule has 0 aliphatic carbocycles. The number of nitrogens with one attached hydrogen (secondary N) is 1. The fourth-order valence-electron chi connectivity index (χ4n) is 2.09. The molecular formula is C15H12Br2Cl2FN. The Hall–Kier alpha value is -0.130. The van der Waals surface area contributed by atoms with E-state index >= 15 is 0 Å². The lowest BCUT2D eigenvalue weighted by molar-refractivity contribution is 0.558. The van der Waals surface area contributed by atoms with Gasteiger partial charge in [-0.25, -0.2) is 4.39 Å². The van der Waals surface area contributed by atoms with Crippen molar-refractivity contribution in [2.75, 3.05) is 6.54 Å². The monoisotopic (exact) mass is 453 g/mol. The number of rotatable bonds is 4. The van der Waals surface area contributed by atoms with Crippen molar-refractivity contribution < 1.29 is 4.39 Å². The van der Waals surface area contributed by atoms with Gasteiger partial charge in [0.1, 0.15) is 5.82 Å². The van der Waals surface area contributed by atoms with E-state index in [0.717, 1.165) is 10.0 Å². The zero-order valence-corrected chi connectivity index (χ0v) is 15.7. The molecule has 21 heavy (non-hydrogen) atoms. The normalized spacial score (nSPS) is 12.5. The second-order valence-corrected chi connectivity index (χ2v) is 7.03. The van der Waals surface area contributed by atoms with Crippen LogP contribution >= 0.6 is 55.1 Å². The summed E-state index contributed by atoms with van der Waals surface area (Å²) >= 11 is 19.0. The molecule has 0 aliphatic rings. The minimum absolute atomic E-state index is 0.340. The van der Waals surface area contributed by atoms with Crippen LogP contribution in [0.5, 0.6) is 0 Å². The van der Waals surface area contributed by atoms with Crippen LogP contribution in [0, 0.1) is 5.82 Å². The summed E-state index contributed by atoms with van der Waals surface area (Å²) in [6.45, 7) is 2.62. The molecule has 2 aromatic carbocycles. The molecule has 1 atom stereocenters. The summed E-state index contributed by atoms with van der Waals surface area (Å²) in [6.07, 6.45) is 0. The fraction of sp³-hybridized carbons (Fsp3) is 0.200. The summed E-state index contributed by atoms with van der Waals surface area (Å²) in [5.41, 5.74) is 1.26. The second kappa shape index (κ2) is 7.42. The third-order valence-electron chi connectivity index (χ3n) is 3.03. The van der Waals surface area contributed by atoms with Crippen molar-refractivity contribution in [3.8, 4) is 0 Å². The molecule has 0 fully saturated rings. The molecule has 0 bridgehead atoms. The van der Waals surface area contributed by atoms with E-state index in [9.17, 15) is 4.39 Å². The van der Waals surface area contributed by atoms with E-state index in [1.165, 1.54) is 6.07 Å². The zero-order valence-electron chi connectivity index (χ0n) is 11.1. The average Bonchev–Trinajstić information content (AvgIpc) is 2.43. The van der Waals surface area contributed by atoms with Gasteiger partial charge in [-0.1, -0.05) is 46.1 Å². The SMILES string of the molecule is CCNC(c1cc(Cl)c(Br)cc1F)c1cc(Br)ccc1Cl. The molecule has 0 aromatic heterocycles. The van der Waals surface area contributed by atoms with Crippen molar-refractivity contribution >= 4 is 55.1 Å². The second-order valence-electron chi connectivity index (χ2n) is 4.44. The van der Waals surface area contributed by atoms with Crippen LogP contribution in [0.3, 0.4) is 0 Å². The van der Waals surface area contributed by atoms with Crippen LogP contribution < -0.4 is 5.32 Å². The Morgan fingerprint density at radius 2 is 1.81 bits per heavy atom. The van der Waals surface area contributed by atoms with Crippen molar-refractivity contribution in [2.45, 2.75) is 13.0 Å². The predicted octanol–water partition coefficient (Wildman–Crippen LogP) is 6.36. The van der Waals surface area contributed by atoms with Gasteiger partial charge in [-0.3, -0.25) is 0 Å². The first-order valence-electron chi connectivity index (χ1n) is 6.26. The van der Waals surface area contributed by atoms with Crippen molar-refractivity contribution in [1.29, 1.82) is 0 Å². The van der Waals surface area contributed by atoms with E-state index in [1.807, 2.05) is 19.1 Å². The summed E-state index contributed by atoms with van der Waals surface area (Å²) in [6, 6.07) is 8.12. The molecule has 0 spiro atoms. The average molecular weight is 456 g/mol. The highest BCUT2D eigenvalue weighted by Crippen LogP contribution is 2.35. The van der Waals surface area contributed by atoms with Gasteiger partial charge in [-0.15, -0.1) is 0 Å². The van der Waals surface area contributed by atoms with Crippen molar-refractivity contribution in [1.82, 2.24) is 5.32 Å². The lowest BCUT2D eigenvalue weighted by Crippen LogP contribution is -2.23. The Morgan fingerprint density at radius 1 is 1.10 bits per heavy atom. The maximum atomic E-state index is 14.3. The van der Waals surface area contributed by atoms with Crippen LogP contribution in [0.1, 0.15) is 24.1 Å². The van der Waals surface area contributed by atoms with Gasteiger partial charge in [0.2, 0.25) is 0 Å². The molecule has 0 saturated heterocycles. The first-order chi connectivity index (χ1) is 9.93. The van der Waals surface area contributed by atoms with Crippen LogP contribution in [0.2, 0.25) is 10.0 Å². The molecule has 0 saturated carbocycles. The minimum Gasteiger partial charge on any atom is -0.306 e. The van der Waals surface area contributed by atoms with E-state index in [-0.39, 0.29) is 11.9 Å². The van der Waals surface area contributed by atoms with Gasteiger partial charge < -0.3 is 5.32 Å². The third-order valence-corrected chi connectivity index (χ3v) is 5.06. The molecule has 1 unspecified atom stereocenters. The van der Waals surface area contributed by atoms with Gasteiger partial charge in [-0.05, 0) is 58.4 Å². The maximum Gasteiger partial charge on any atom is 0.129 e. The lowest BCUT2D eigenvalue weighted by Gasteiger charge is -2.21. The molecule has 0 aliphatic heterocycles. The van der Waals surface area contributed by atoms with E-state index in [1.54, 1.807) is 12.1 Å². The summed E-state index contributed by atoms with van der Waals surface area (Å²) in [4.78, 5) is 0. The molecule has 0 heterocycles. The number of hydrogen-bond acceptors (Lipinski definition) is 1. The van der Waals surface area contributed by atoms with Crippen LogP contribution in [0.25, 0.3) is 0 Å². The van der Waals surface area contributed by atoms with Crippen molar-refractivity contribution in [3.63, 3.8) is 0 Å². The molecule has 112 valence electrons. The maximum absolute atomic E-state index is 14.3. The Bertz CT molecular complexity index is 664. The summed E-state index contributed by atoms with van der Waals surface area (Å²) in [5.74, 6) is -0.340. The van der Waals surface area contributed by atoms with Crippen LogP contribution in [-0.2, 0) is 0 Å². The van der Waals surface area contributed by atoms with Crippen LogP contribution in [0.15, 0.2) is 39.3 Å². The van der Waals surface area contributed by atoms with Crippen molar-refractivity contribution in [3.05, 3.63) is 66.3 Å². The minimum atomic E-state index is -0.370. The van der Waals surface area contributed by atoms with E-state index in [2.05, 4.69) is 37.2 Å². The molecule has 6 heteroatoms. The van der Waals surface area contributed by atoms with Gasteiger partial charge in [0.05, 0.1) is 11.1 Å². The van der Waals surface area contributed by atoms with Gasteiger partial charge in [0.25, 0.3) is 0 Å². The molecule has 2 aromatic rings. The molecule has 0 amide bonds. The predicted molar refractivity (Wildman–Crippen MR) is 93.8 cm³/mol. The Morgan fingerprint density at radius 3 is 2.48 bits per heavy atom. The highest BCUT2D eigenvalue weighted by Gasteiger charge is 2.21. The van der Waals surface area contributed by atoms with Gasteiger partial charge in [0, 0.05) is 19.5 Å². The lowest BCUT2D eigenvalue weighted by atomic mass is 9.98. The van der Waals surface area contributed by atoms with E-state index in [0.29, 0.717) is 26.6 Å². The topological polar surface area (TPSA) is 12.0 Å². The standard InChI is InChI=1S/C15H12Br2Cl2FN/c1-2-21-15(9-5-8(16)3-4-12(9)18)10-6-13(19)11(17)7-14(10)20/h3-7,15,21H,2H2,1H3. The molecule has 1 N–H and O–H groups in total. The summed E-state index contributed by atoms with van der Waals surface area (Å²) < 4.78 is 15.7. The van der Waals surface area contributed by atoms with Gasteiger partial charge >= 0.3 is 0 Å². The number of benzene rings is 2. The first kappa shape index (κ1) is 17.2. The van der Waals surface area contributed by atoms with Crippen LogP contribution in [-0.4, -0.2) is 6.54 Å². The van der Waals surface area contributed by atoms with E-state index in [4.69, 9.17) is 23.2 Å². The molecule has 1 nitrogen and oxygen atoms in total. The summed E-state index contributed by atoms with van der Waals surface area (Å²) in [5, 5.41) is 4.28. The highest BCUT2D eigenvalue weighted by molar-refractivity contribution is 9.10. The largest absolute Gasteiger partial charge is 0.306 e. The van der Waals surface area contributed by atoms with Crippen molar-refractivity contribution in [2.24, 2.45) is 0 Å². The van der Waals surface area contributed by atoms with Gasteiger partial charge in [0.15, 0.2) is 0 Å². The quantitative estimate of drug-likeness (QED) is 0.529. The molecule has 0 radical (unpaired) electrons. The van der Waals surface area contributed by atoms with Crippen LogP contribution in [0.4, 0.5) is 4.39 Å². The smallest absolute Gasteiger partial charge is 0.129 e.